The highest BCUT2D eigenvalue weighted by atomic mass is 16.5. The third-order valence-corrected chi connectivity index (χ3v) is 7.32. The number of amides is 1. The van der Waals surface area contributed by atoms with Crippen LogP contribution in [0.5, 0.6) is 5.75 Å². The van der Waals surface area contributed by atoms with Gasteiger partial charge in [-0.1, -0.05) is 19.1 Å². The van der Waals surface area contributed by atoms with Gasteiger partial charge < -0.3 is 9.64 Å². The minimum Gasteiger partial charge on any atom is -0.497 e. The molecule has 4 nitrogen and oxygen atoms in total. The number of benzene rings is 1. The Morgan fingerprint density at radius 3 is 2.40 bits per heavy atom. The Hall–Kier alpha value is -1.55. The van der Waals surface area contributed by atoms with Crippen LogP contribution in [0.1, 0.15) is 44.1 Å². The topological polar surface area (TPSA) is 32.8 Å². The average Bonchev–Trinajstić information content (AvgIpc) is 3.28. The molecular formula is C21H28N2O2. The van der Waals surface area contributed by atoms with Crippen molar-refractivity contribution in [2.75, 3.05) is 26.7 Å². The number of hydrogen-bond donors (Lipinski definition) is 0. The average molecular weight is 340 g/mol. The zero-order chi connectivity index (χ0) is 17.2. The second kappa shape index (κ2) is 5.47. The van der Waals surface area contributed by atoms with Gasteiger partial charge >= 0.3 is 0 Å². The van der Waals surface area contributed by atoms with E-state index in [9.17, 15) is 4.79 Å². The summed E-state index contributed by atoms with van der Waals surface area (Å²) in [5.41, 5.74) is 1.30. The predicted molar refractivity (Wildman–Crippen MR) is 96.7 cm³/mol. The van der Waals surface area contributed by atoms with Crippen molar-refractivity contribution < 1.29 is 9.53 Å². The van der Waals surface area contributed by atoms with Crippen LogP contribution < -0.4 is 4.74 Å². The first-order chi connectivity index (χ1) is 12.1. The van der Waals surface area contributed by atoms with Gasteiger partial charge in [0, 0.05) is 23.9 Å². The molecule has 134 valence electrons. The second-order valence-electron chi connectivity index (χ2n) is 8.75. The number of hydrogen-bond acceptors (Lipinski definition) is 3. The number of carbonyl (C=O) groups is 1. The maximum Gasteiger partial charge on any atom is 0.228 e. The monoisotopic (exact) mass is 340 g/mol. The highest BCUT2D eigenvalue weighted by Crippen LogP contribution is 2.52. The fraction of sp³-hybridized carbons (Fsp3) is 0.667. The molecule has 25 heavy (non-hydrogen) atoms. The molecule has 5 fully saturated rings. The molecule has 2 bridgehead atoms. The molecule has 4 heteroatoms. The summed E-state index contributed by atoms with van der Waals surface area (Å²) in [6, 6.07) is 9.47. The van der Waals surface area contributed by atoms with Crippen molar-refractivity contribution in [3.05, 3.63) is 29.8 Å². The van der Waals surface area contributed by atoms with E-state index >= 15 is 0 Å². The van der Waals surface area contributed by atoms with Gasteiger partial charge in [0.2, 0.25) is 5.91 Å². The van der Waals surface area contributed by atoms with Crippen molar-refractivity contribution in [1.82, 2.24) is 9.80 Å². The fourth-order valence-electron chi connectivity index (χ4n) is 5.55. The third kappa shape index (κ3) is 2.33. The summed E-state index contributed by atoms with van der Waals surface area (Å²) in [7, 11) is 1.71. The molecule has 0 radical (unpaired) electrons. The first kappa shape index (κ1) is 15.7. The lowest BCUT2D eigenvalue weighted by molar-refractivity contribution is -0.141. The zero-order valence-electron chi connectivity index (χ0n) is 15.3. The lowest BCUT2D eigenvalue weighted by Crippen LogP contribution is -2.61. The van der Waals surface area contributed by atoms with Gasteiger partial charge in [-0.3, -0.25) is 9.69 Å². The van der Waals surface area contributed by atoms with Crippen molar-refractivity contribution in [3.63, 3.8) is 0 Å². The van der Waals surface area contributed by atoms with Crippen molar-refractivity contribution in [1.29, 1.82) is 0 Å². The quantitative estimate of drug-likeness (QED) is 0.848. The number of methoxy groups -OCH3 is 1. The Morgan fingerprint density at radius 2 is 1.80 bits per heavy atom. The van der Waals surface area contributed by atoms with Gasteiger partial charge in [0.15, 0.2) is 0 Å². The van der Waals surface area contributed by atoms with E-state index < -0.39 is 0 Å². The number of ether oxygens (including phenoxy) is 1. The number of rotatable bonds is 3. The summed E-state index contributed by atoms with van der Waals surface area (Å²) in [5.74, 6) is 2.46. The van der Waals surface area contributed by atoms with E-state index in [0.717, 1.165) is 25.1 Å². The standard InChI is InChI=1S/C21H28N2O2/c1-21(9-10-21)20(24)23-13-17(14-3-5-16(25-2)6-4-14)19-18(23)15-7-11-22(19)12-8-15/h3-6,15,17-19H,7-13H2,1-2H3/t17-,18+,19+/m0/s1. The second-order valence-corrected chi connectivity index (χ2v) is 8.75. The van der Waals surface area contributed by atoms with Crippen LogP contribution in [-0.4, -0.2) is 54.5 Å². The Labute approximate surface area is 150 Å². The molecule has 1 aliphatic carbocycles. The molecule has 0 N–H and O–H groups in total. The number of fused-ring (bicyclic) bond motifs is 2. The lowest BCUT2D eigenvalue weighted by atomic mass is 9.75. The van der Waals surface area contributed by atoms with Crippen LogP contribution in [0.15, 0.2) is 24.3 Å². The minimum absolute atomic E-state index is 0.0641. The van der Waals surface area contributed by atoms with Crippen molar-refractivity contribution in [3.8, 4) is 5.75 Å². The molecule has 4 saturated heterocycles. The number of nitrogens with zero attached hydrogens (tertiary/aromatic N) is 2. The summed E-state index contributed by atoms with van der Waals surface area (Å²) in [4.78, 5) is 18.2. The van der Waals surface area contributed by atoms with E-state index in [1.165, 1.54) is 31.5 Å². The van der Waals surface area contributed by atoms with Crippen molar-refractivity contribution in [2.24, 2.45) is 11.3 Å². The highest BCUT2D eigenvalue weighted by Gasteiger charge is 2.58. The molecule has 4 heterocycles. The molecule has 5 aliphatic rings. The Morgan fingerprint density at radius 1 is 1.12 bits per heavy atom. The van der Waals surface area contributed by atoms with Crippen LogP contribution >= 0.6 is 0 Å². The van der Waals surface area contributed by atoms with Crippen molar-refractivity contribution >= 4 is 5.91 Å². The van der Waals surface area contributed by atoms with Crippen LogP contribution in [0.25, 0.3) is 0 Å². The molecule has 1 amide bonds. The molecule has 4 aliphatic heterocycles. The highest BCUT2D eigenvalue weighted by molar-refractivity contribution is 5.85. The molecule has 1 saturated carbocycles. The first-order valence-electron chi connectivity index (χ1n) is 9.80. The minimum atomic E-state index is -0.0641. The normalized spacial score (nSPS) is 37.7. The maximum atomic E-state index is 13.2. The molecule has 6 rings (SSSR count). The SMILES string of the molecule is COc1ccc([C@@H]2CN(C(=O)C3(C)CC3)[C@@H]3C4CCN(CC4)[C@@H]32)cc1. The zero-order valence-corrected chi connectivity index (χ0v) is 15.3. The molecule has 3 atom stereocenters. The van der Waals surface area contributed by atoms with E-state index in [2.05, 4.69) is 41.0 Å². The van der Waals surface area contributed by atoms with E-state index in [1.807, 2.05) is 0 Å². The Balaban J connectivity index is 1.50. The predicted octanol–water partition coefficient (Wildman–Crippen LogP) is 2.88. The van der Waals surface area contributed by atoms with Crippen LogP contribution in [0.3, 0.4) is 0 Å². The van der Waals surface area contributed by atoms with Crippen molar-refractivity contribution in [2.45, 2.75) is 50.6 Å². The fourth-order valence-corrected chi connectivity index (χ4v) is 5.55. The molecule has 0 aromatic heterocycles. The molecule has 1 aromatic rings. The summed E-state index contributed by atoms with van der Waals surface area (Å²) >= 11 is 0. The summed E-state index contributed by atoms with van der Waals surface area (Å²) < 4.78 is 5.33. The Bertz CT molecular complexity index is 674. The van der Waals surface area contributed by atoms with Crippen LogP contribution in [0.4, 0.5) is 0 Å². The number of carbonyl (C=O) groups excluding carboxylic acids is 1. The Kier molecular flexibility index (Phi) is 3.43. The lowest BCUT2D eigenvalue weighted by Gasteiger charge is -2.51. The van der Waals surface area contributed by atoms with Crippen LogP contribution in [0.2, 0.25) is 0 Å². The van der Waals surface area contributed by atoms with Gasteiger partial charge in [0.05, 0.1) is 13.2 Å². The summed E-state index contributed by atoms with van der Waals surface area (Å²) in [6.45, 7) is 5.46. The smallest absolute Gasteiger partial charge is 0.228 e. The summed E-state index contributed by atoms with van der Waals surface area (Å²) in [5, 5.41) is 0. The van der Waals surface area contributed by atoms with Gasteiger partial charge in [0.1, 0.15) is 5.75 Å². The van der Waals surface area contributed by atoms with E-state index in [0.29, 0.717) is 29.8 Å². The van der Waals surface area contributed by atoms with Gasteiger partial charge in [-0.05, 0) is 62.4 Å². The number of likely N-dealkylation sites (tertiary alicyclic amines) is 1. The molecule has 1 aromatic carbocycles. The van der Waals surface area contributed by atoms with Crippen LogP contribution in [-0.2, 0) is 4.79 Å². The maximum absolute atomic E-state index is 13.2. The van der Waals surface area contributed by atoms with E-state index in [4.69, 9.17) is 4.74 Å². The molecular weight excluding hydrogens is 312 g/mol. The van der Waals surface area contributed by atoms with E-state index in [1.54, 1.807) is 7.11 Å². The summed E-state index contributed by atoms with van der Waals surface area (Å²) in [6.07, 6.45) is 4.66. The third-order valence-electron chi connectivity index (χ3n) is 7.32. The van der Waals surface area contributed by atoms with Gasteiger partial charge in [-0.2, -0.15) is 0 Å². The van der Waals surface area contributed by atoms with Gasteiger partial charge in [-0.15, -0.1) is 0 Å². The van der Waals surface area contributed by atoms with Gasteiger partial charge in [0.25, 0.3) is 0 Å². The first-order valence-corrected chi connectivity index (χ1v) is 9.80. The molecule has 0 unspecified atom stereocenters. The van der Waals surface area contributed by atoms with E-state index in [-0.39, 0.29) is 5.41 Å². The number of piperidine rings is 3. The molecule has 0 spiro atoms. The van der Waals surface area contributed by atoms with Gasteiger partial charge in [-0.25, -0.2) is 0 Å². The largest absolute Gasteiger partial charge is 0.497 e. The van der Waals surface area contributed by atoms with Crippen LogP contribution in [0, 0.1) is 11.3 Å².